The average molecular weight is 271 g/mol. The second-order valence-corrected chi connectivity index (χ2v) is 3.59. The van der Waals surface area contributed by atoms with Crippen LogP contribution in [0.25, 0.3) is 0 Å². The topological polar surface area (TPSA) is 9.23 Å². The molecular weight excluding hydrogens is 259 g/mol. The fourth-order valence-electron chi connectivity index (χ4n) is 0.807. The van der Waals surface area contributed by atoms with Crippen LogP contribution in [0.5, 0.6) is 5.75 Å². The summed E-state index contributed by atoms with van der Waals surface area (Å²) in [5.41, 5.74) is -0.301. The predicted molar refractivity (Wildman–Crippen MR) is 51.4 cm³/mol. The average Bonchev–Trinajstić information content (AvgIpc) is 1.82. The van der Waals surface area contributed by atoms with Gasteiger partial charge in [-0.15, -0.1) is 12.1 Å². The van der Waals surface area contributed by atoms with Crippen LogP contribution in [0, 0.1) is 11.9 Å². The van der Waals surface area contributed by atoms with Crippen LogP contribution in [0.1, 0.15) is 20.8 Å². The van der Waals surface area contributed by atoms with E-state index in [2.05, 4.69) is 6.07 Å². The zero-order chi connectivity index (χ0) is 9.19. The van der Waals surface area contributed by atoms with E-state index in [1.807, 2.05) is 20.8 Å². The van der Waals surface area contributed by atoms with Gasteiger partial charge in [-0.2, -0.15) is 6.07 Å². The summed E-state index contributed by atoms with van der Waals surface area (Å²) in [6, 6.07) is 6.98. The summed E-state index contributed by atoms with van der Waals surface area (Å²) >= 11 is 0. The molecule has 0 heterocycles. The van der Waals surface area contributed by atoms with E-state index < -0.39 is 0 Å². The molecule has 1 aromatic rings. The molecule has 0 N–H and O–H groups in total. The molecular formula is C10H12BrFMgO. The van der Waals surface area contributed by atoms with Crippen molar-refractivity contribution < 1.29 is 26.1 Å². The molecule has 0 amide bonds. The van der Waals surface area contributed by atoms with Gasteiger partial charge in [0.1, 0.15) is 0 Å². The van der Waals surface area contributed by atoms with Gasteiger partial charge in [0, 0.05) is 11.6 Å². The minimum absolute atomic E-state index is 0. The van der Waals surface area contributed by atoms with Gasteiger partial charge < -0.3 is 21.7 Å². The summed E-state index contributed by atoms with van der Waals surface area (Å²) in [5.74, 6) is 0.149. The zero-order valence-electron chi connectivity index (χ0n) is 8.60. The Hall–Kier alpha value is 0.196. The molecule has 0 unspecified atom stereocenters. The van der Waals surface area contributed by atoms with Gasteiger partial charge in [0.25, 0.3) is 0 Å². The van der Waals surface area contributed by atoms with Gasteiger partial charge in [-0.25, -0.2) is 4.39 Å². The summed E-state index contributed by atoms with van der Waals surface area (Å²) < 4.78 is 18.0. The molecule has 74 valence electrons. The number of ether oxygens (including phenoxy) is 1. The smallest absolute Gasteiger partial charge is 1.00 e. The van der Waals surface area contributed by atoms with Crippen LogP contribution < -0.4 is 21.7 Å². The minimum atomic E-state index is -0.301. The monoisotopic (exact) mass is 270 g/mol. The molecule has 0 aromatic heterocycles. The van der Waals surface area contributed by atoms with Crippen molar-refractivity contribution in [2.75, 3.05) is 0 Å². The maximum absolute atomic E-state index is 12.6. The van der Waals surface area contributed by atoms with E-state index in [-0.39, 0.29) is 51.5 Å². The zero-order valence-corrected chi connectivity index (χ0v) is 11.6. The van der Waals surface area contributed by atoms with Gasteiger partial charge in [-0.1, -0.05) is 6.07 Å². The van der Waals surface area contributed by atoms with E-state index in [0.717, 1.165) is 0 Å². The van der Waals surface area contributed by atoms with Crippen molar-refractivity contribution in [1.82, 2.24) is 0 Å². The molecule has 1 rings (SSSR count). The van der Waals surface area contributed by atoms with Gasteiger partial charge in [0.05, 0.1) is 5.60 Å². The molecule has 0 spiro atoms. The number of hydrogen-bond donors (Lipinski definition) is 0. The van der Waals surface area contributed by atoms with E-state index in [4.69, 9.17) is 4.74 Å². The molecule has 0 saturated carbocycles. The van der Waals surface area contributed by atoms with Crippen LogP contribution in [0.2, 0.25) is 0 Å². The van der Waals surface area contributed by atoms with Crippen molar-refractivity contribution in [1.29, 1.82) is 0 Å². The standard InChI is InChI=1S/C10H12FO.BrH.Mg/c1-10(2,3)12-9-6-4-5-8(11)7-9;;/h4-5,7H,1-3H3;1H;/q-1;;+2/p-1. The maximum atomic E-state index is 12.6. The van der Waals surface area contributed by atoms with E-state index in [0.29, 0.717) is 5.75 Å². The van der Waals surface area contributed by atoms with Crippen LogP contribution in [-0.2, 0) is 0 Å². The molecule has 1 nitrogen and oxygen atoms in total. The molecule has 0 atom stereocenters. The normalized spacial score (nSPS) is 9.71. The molecule has 0 fully saturated rings. The Kier molecular flexibility index (Phi) is 7.88. The van der Waals surface area contributed by atoms with Crippen molar-refractivity contribution >= 4 is 23.1 Å². The molecule has 1 aromatic carbocycles. The van der Waals surface area contributed by atoms with E-state index >= 15 is 0 Å². The fraction of sp³-hybridized carbons (Fsp3) is 0.400. The van der Waals surface area contributed by atoms with Crippen molar-refractivity contribution in [2.24, 2.45) is 0 Å². The molecule has 0 bridgehead atoms. The molecule has 14 heavy (non-hydrogen) atoms. The number of halogens is 2. The van der Waals surface area contributed by atoms with E-state index in [1.54, 1.807) is 0 Å². The Balaban J connectivity index is 0. The summed E-state index contributed by atoms with van der Waals surface area (Å²) in [4.78, 5) is 0. The number of rotatable bonds is 1. The third-order valence-corrected chi connectivity index (χ3v) is 1.15. The second-order valence-electron chi connectivity index (χ2n) is 3.59. The van der Waals surface area contributed by atoms with Crippen molar-refractivity contribution in [3.8, 4) is 5.75 Å². The maximum Gasteiger partial charge on any atom is 2.00 e. The molecule has 4 heteroatoms. The minimum Gasteiger partial charge on any atom is -1.00 e. The molecule has 0 saturated heterocycles. The fourth-order valence-corrected chi connectivity index (χ4v) is 0.807. The molecule has 0 aliphatic carbocycles. The van der Waals surface area contributed by atoms with Gasteiger partial charge >= 0.3 is 23.1 Å². The molecule has 0 radical (unpaired) electrons. The first kappa shape index (κ1) is 16.6. The van der Waals surface area contributed by atoms with E-state index in [1.165, 1.54) is 18.2 Å². The Morgan fingerprint density at radius 2 is 1.93 bits per heavy atom. The van der Waals surface area contributed by atoms with Crippen LogP contribution >= 0.6 is 0 Å². The van der Waals surface area contributed by atoms with Crippen LogP contribution in [0.4, 0.5) is 4.39 Å². The quantitative estimate of drug-likeness (QED) is 0.491. The molecule has 0 aliphatic heterocycles. The largest absolute Gasteiger partial charge is 2.00 e. The van der Waals surface area contributed by atoms with Crippen LogP contribution in [-0.4, -0.2) is 28.7 Å². The number of benzene rings is 1. The van der Waals surface area contributed by atoms with E-state index in [9.17, 15) is 4.39 Å². The van der Waals surface area contributed by atoms with Crippen molar-refractivity contribution in [3.05, 3.63) is 30.1 Å². The van der Waals surface area contributed by atoms with Gasteiger partial charge in [0.15, 0.2) is 0 Å². The van der Waals surface area contributed by atoms with Crippen LogP contribution in [0.3, 0.4) is 0 Å². The van der Waals surface area contributed by atoms with Crippen molar-refractivity contribution in [2.45, 2.75) is 26.4 Å². The first-order valence-corrected chi connectivity index (χ1v) is 3.84. The third-order valence-electron chi connectivity index (χ3n) is 1.15. The third kappa shape index (κ3) is 6.62. The Morgan fingerprint density at radius 3 is 2.36 bits per heavy atom. The SMILES string of the molecule is CC(C)(C)Oc1[c-]ccc(F)c1.[Br-].[Mg+2]. The summed E-state index contributed by atoms with van der Waals surface area (Å²) in [5, 5.41) is 0. The Labute approximate surface area is 111 Å². The Bertz CT molecular complexity index is 273. The first-order chi connectivity index (χ1) is 5.47. The Morgan fingerprint density at radius 1 is 1.36 bits per heavy atom. The van der Waals surface area contributed by atoms with Gasteiger partial charge in [0.2, 0.25) is 0 Å². The van der Waals surface area contributed by atoms with Gasteiger partial charge in [-0.05, 0) is 20.8 Å². The molecule has 0 aliphatic rings. The summed E-state index contributed by atoms with van der Waals surface area (Å²) in [6.45, 7) is 5.73. The summed E-state index contributed by atoms with van der Waals surface area (Å²) in [7, 11) is 0. The number of hydrogen-bond acceptors (Lipinski definition) is 1. The van der Waals surface area contributed by atoms with Crippen LogP contribution in [0.15, 0.2) is 18.2 Å². The summed E-state index contributed by atoms with van der Waals surface area (Å²) in [6.07, 6.45) is 0. The van der Waals surface area contributed by atoms with Crippen molar-refractivity contribution in [3.63, 3.8) is 0 Å². The predicted octanol–water partition coefficient (Wildman–Crippen LogP) is -0.574. The first-order valence-electron chi connectivity index (χ1n) is 3.84. The van der Waals surface area contributed by atoms with Gasteiger partial charge in [-0.3, -0.25) is 0 Å². The second kappa shape index (κ2) is 6.64.